The molecule has 0 heterocycles. The number of halogens is 1. The van der Waals surface area contributed by atoms with Gasteiger partial charge in [-0.05, 0) is 24.5 Å². The summed E-state index contributed by atoms with van der Waals surface area (Å²) in [7, 11) is 0. The van der Waals surface area contributed by atoms with Crippen LogP contribution in [0.2, 0.25) is 5.02 Å². The number of aryl methyl sites for hydroxylation is 1. The van der Waals surface area contributed by atoms with Crippen molar-refractivity contribution in [2.75, 3.05) is 5.32 Å². The second kappa shape index (κ2) is 7.29. The van der Waals surface area contributed by atoms with E-state index in [2.05, 4.69) is 5.32 Å². The van der Waals surface area contributed by atoms with E-state index in [-0.39, 0.29) is 17.6 Å². The minimum Gasteiger partial charge on any atom is -0.325 e. The van der Waals surface area contributed by atoms with Crippen molar-refractivity contribution >= 4 is 29.0 Å². The van der Waals surface area contributed by atoms with Crippen LogP contribution in [0, 0.1) is 5.92 Å². The fourth-order valence-electron chi connectivity index (χ4n) is 1.80. The lowest BCUT2D eigenvalue weighted by Crippen LogP contribution is -2.08. The SMILES string of the molecule is CC(=O)Nc1cccc(CCCC(=O)C(C)C)c1Cl. The highest BCUT2D eigenvalue weighted by Crippen LogP contribution is 2.27. The molecule has 0 saturated heterocycles. The summed E-state index contributed by atoms with van der Waals surface area (Å²) in [6, 6.07) is 5.55. The van der Waals surface area contributed by atoms with Gasteiger partial charge in [0.15, 0.2) is 0 Å². The Morgan fingerprint density at radius 3 is 2.58 bits per heavy atom. The number of hydrogen-bond acceptors (Lipinski definition) is 2. The molecular formula is C15H20ClNO2. The van der Waals surface area contributed by atoms with Crippen LogP contribution in [0.15, 0.2) is 18.2 Å². The van der Waals surface area contributed by atoms with E-state index < -0.39 is 0 Å². The largest absolute Gasteiger partial charge is 0.325 e. The highest BCUT2D eigenvalue weighted by atomic mass is 35.5. The van der Waals surface area contributed by atoms with Gasteiger partial charge in [0.05, 0.1) is 10.7 Å². The summed E-state index contributed by atoms with van der Waals surface area (Å²) < 4.78 is 0. The lowest BCUT2D eigenvalue weighted by Gasteiger charge is -2.10. The topological polar surface area (TPSA) is 46.2 Å². The summed E-state index contributed by atoms with van der Waals surface area (Å²) >= 11 is 6.23. The van der Waals surface area contributed by atoms with Crippen molar-refractivity contribution in [1.29, 1.82) is 0 Å². The van der Waals surface area contributed by atoms with E-state index in [9.17, 15) is 9.59 Å². The zero-order valence-electron chi connectivity index (χ0n) is 11.6. The Morgan fingerprint density at radius 2 is 2.00 bits per heavy atom. The molecule has 19 heavy (non-hydrogen) atoms. The van der Waals surface area contributed by atoms with E-state index >= 15 is 0 Å². The summed E-state index contributed by atoms with van der Waals surface area (Å²) in [6.45, 7) is 5.27. The van der Waals surface area contributed by atoms with E-state index in [1.165, 1.54) is 6.92 Å². The molecule has 0 aromatic heterocycles. The first-order valence-electron chi connectivity index (χ1n) is 6.49. The molecule has 1 amide bonds. The van der Waals surface area contributed by atoms with Gasteiger partial charge in [-0.1, -0.05) is 37.6 Å². The molecule has 104 valence electrons. The van der Waals surface area contributed by atoms with Gasteiger partial charge in [-0.25, -0.2) is 0 Å². The second-order valence-corrected chi connectivity index (χ2v) is 5.31. The van der Waals surface area contributed by atoms with Crippen molar-refractivity contribution in [3.8, 4) is 0 Å². The summed E-state index contributed by atoms with van der Waals surface area (Å²) in [5, 5.41) is 3.26. The van der Waals surface area contributed by atoms with Crippen LogP contribution >= 0.6 is 11.6 Å². The van der Waals surface area contributed by atoms with Gasteiger partial charge < -0.3 is 5.32 Å². The van der Waals surface area contributed by atoms with Crippen molar-refractivity contribution in [3.63, 3.8) is 0 Å². The van der Waals surface area contributed by atoms with Gasteiger partial charge in [0, 0.05) is 19.3 Å². The normalized spacial score (nSPS) is 10.6. The summed E-state index contributed by atoms with van der Waals surface area (Å²) in [5.74, 6) is 0.212. The molecule has 0 atom stereocenters. The van der Waals surface area contributed by atoms with Crippen LogP contribution in [0.3, 0.4) is 0 Å². The highest BCUT2D eigenvalue weighted by Gasteiger charge is 2.10. The maximum Gasteiger partial charge on any atom is 0.221 e. The molecule has 0 radical (unpaired) electrons. The first-order valence-corrected chi connectivity index (χ1v) is 6.87. The number of amides is 1. The van der Waals surface area contributed by atoms with Gasteiger partial charge in [-0.2, -0.15) is 0 Å². The lowest BCUT2D eigenvalue weighted by atomic mass is 10.0. The fraction of sp³-hybridized carbons (Fsp3) is 0.467. The van der Waals surface area contributed by atoms with Gasteiger partial charge in [-0.3, -0.25) is 9.59 Å². The molecular weight excluding hydrogens is 262 g/mol. The number of benzene rings is 1. The molecule has 0 aliphatic carbocycles. The van der Waals surface area contributed by atoms with E-state index in [0.717, 1.165) is 18.4 Å². The Balaban J connectivity index is 2.64. The maximum absolute atomic E-state index is 11.5. The molecule has 0 saturated carbocycles. The molecule has 0 fully saturated rings. The summed E-state index contributed by atoms with van der Waals surface area (Å²) in [4.78, 5) is 22.6. The smallest absolute Gasteiger partial charge is 0.221 e. The number of rotatable bonds is 6. The minimum absolute atomic E-state index is 0.0844. The molecule has 3 nitrogen and oxygen atoms in total. The average molecular weight is 282 g/mol. The quantitative estimate of drug-likeness (QED) is 0.861. The van der Waals surface area contributed by atoms with E-state index in [0.29, 0.717) is 17.1 Å². The molecule has 0 spiro atoms. The minimum atomic E-state index is -0.144. The second-order valence-electron chi connectivity index (χ2n) is 4.93. The third kappa shape index (κ3) is 5.03. The van der Waals surface area contributed by atoms with Gasteiger partial charge in [0.2, 0.25) is 5.91 Å². The molecule has 1 aromatic carbocycles. The molecule has 0 bridgehead atoms. The standard InChI is InChI=1S/C15H20ClNO2/c1-10(2)14(19)9-5-7-12-6-4-8-13(15(12)16)17-11(3)18/h4,6,8,10H,5,7,9H2,1-3H3,(H,17,18). The van der Waals surface area contributed by atoms with Crippen molar-refractivity contribution in [2.24, 2.45) is 5.92 Å². The third-order valence-electron chi connectivity index (χ3n) is 2.90. The van der Waals surface area contributed by atoms with Crippen LogP contribution in [0.1, 0.15) is 39.2 Å². The van der Waals surface area contributed by atoms with E-state index in [4.69, 9.17) is 11.6 Å². The van der Waals surface area contributed by atoms with E-state index in [1.54, 1.807) is 6.07 Å². The number of hydrogen-bond donors (Lipinski definition) is 1. The zero-order chi connectivity index (χ0) is 14.4. The molecule has 1 N–H and O–H groups in total. The van der Waals surface area contributed by atoms with E-state index in [1.807, 2.05) is 26.0 Å². The monoisotopic (exact) mass is 281 g/mol. The number of ketones is 1. The number of anilines is 1. The molecule has 0 aliphatic heterocycles. The van der Waals surface area contributed by atoms with Gasteiger partial charge in [-0.15, -0.1) is 0 Å². The lowest BCUT2D eigenvalue weighted by molar-refractivity contribution is -0.122. The van der Waals surface area contributed by atoms with Crippen LogP contribution in [-0.4, -0.2) is 11.7 Å². The number of nitrogens with one attached hydrogen (secondary N) is 1. The third-order valence-corrected chi connectivity index (χ3v) is 3.35. The Labute approximate surface area is 119 Å². The van der Waals surface area contributed by atoms with Crippen LogP contribution in [0.4, 0.5) is 5.69 Å². The van der Waals surface area contributed by atoms with Gasteiger partial charge >= 0.3 is 0 Å². The number of Topliss-reactive ketones (excluding diaryl/α,β-unsaturated/α-hetero) is 1. The summed E-state index contributed by atoms with van der Waals surface area (Å²) in [6.07, 6.45) is 2.09. The maximum atomic E-state index is 11.5. The van der Waals surface area contributed by atoms with Crippen LogP contribution in [-0.2, 0) is 16.0 Å². The molecule has 0 unspecified atom stereocenters. The van der Waals surface area contributed by atoms with Gasteiger partial charge in [0.1, 0.15) is 5.78 Å². The predicted molar refractivity (Wildman–Crippen MR) is 78.5 cm³/mol. The fourth-order valence-corrected chi connectivity index (χ4v) is 2.07. The molecule has 1 rings (SSSR count). The van der Waals surface area contributed by atoms with Crippen LogP contribution in [0.25, 0.3) is 0 Å². The summed E-state index contributed by atoms with van der Waals surface area (Å²) in [5.41, 5.74) is 1.59. The highest BCUT2D eigenvalue weighted by molar-refractivity contribution is 6.34. The number of carbonyl (C=O) groups excluding carboxylic acids is 2. The van der Waals surface area contributed by atoms with Crippen molar-refractivity contribution in [3.05, 3.63) is 28.8 Å². The Morgan fingerprint density at radius 1 is 1.32 bits per heavy atom. The first kappa shape index (κ1) is 15.7. The molecule has 0 aliphatic rings. The zero-order valence-corrected chi connectivity index (χ0v) is 12.4. The average Bonchev–Trinajstić information content (AvgIpc) is 2.32. The molecule has 4 heteroatoms. The first-order chi connectivity index (χ1) is 8.91. The Bertz CT molecular complexity index is 469. The van der Waals surface area contributed by atoms with Crippen molar-refractivity contribution in [2.45, 2.75) is 40.0 Å². The van der Waals surface area contributed by atoms with Crippen LogP contribution < -0.4 is 5.32 Å². The predicted octanol–water partition coefficient (Wildman–Crippen LogP) is 3.85. The van der Waals surface area contributed by atoms with Crippen molar-refractivity contribution in [1.82, 2.24) is 0 Å². The molecule has 1 aromatic rings. The van der Waals surface area contributed by atoms with Crippen molar-refractivity contribution < 1.29 is 9.59 Å². The van der Waals surface area contributed by atoms with Crippen LogP contribution in [0.5, 0.6) is 0 Å². The number of carbonyl (C=O) groups is 2. The Hall–Kier alpha value is -1.35. The Kier molecular flexibility index (Phi) is 6.03. The van der Waals surface area contributed by atoms with Gasteiger partial charge in [0.25, 0.3) is 0 Å².